The molecule has 8 nitrogen and oxygen atoms in total. The molecule has 2 fully saturated rings. The van der Waals surface area contributed by atoms with Crippen molar-refractivity contribution >= 4 is 38.2 Å². The van der Waals surface area contributed by atoms with Crippen LogP contribution in [-0.4, -0.2) is 62.6 Å². The number of morpholine rings is 1. The van der Waals surface area contributed by atoms with Gasteiger partial charge in [0.1, 0.15) is 0 Å². The first-order valence-electron chi connectivity index (χ1n) is 12.2. The van der Waals surface area contributed by atoms with Crippen LogP contribution in [0, 0.1) is 0 Å². The fourth-order valence-electron chi connectivity index (χ4n) is 5.04. The van der Waals surface area contributed by atoms with Gasteiger partial charge in [-0.15, -0.1) is 0 Å². The molecule has 1 N–H and O–H groups in total. The number of aromatic nitrogens is 1. The molecule has 3 aromatic rings. The number of carbonyl (C=O) groups excluding carboxylic acids is 1. The molecule has 0 spiro atoms. The maximum atomic E-state index is 13.3. The molecule has 3 heterocycles. The summed E-state index contributed by atoms with van der Waals surface area (Å²) in [6.07, 6.45) is 4.98. The Labute approximate surface area is 206 Å². The summed E-state index contributed by atoms with van der Waals surface area (Å²) in [6.45, 7) is 3.63. The Bertz CT molecular complexity index is 1320. The van der Waals surface area contributed by atoms with Gasteiger partial charge in [0.25, 0.3) is 0 Å². The Hall–Kier alpha value is -2.88. The van der Waals surface area contributed by atoms with Crippen molar-refractivity contribution in [2.75, 3.05) is 49.6 Å². The molecule has 1 amide bonds. The van der Waals surface area contributed by atoms with Gasteiger partial charge in [0.15, 0.2) is 0 Å². The SMILES string of the molecule is Cn1cc(CC(=O)Nc2cc(S(=O)(=O)N3CCCCC3)ccc2N2CCOCC2)c2ccccc21. The van der Waals surface area contributed by atoms with E-state index in [1.807, 2.05) is 48.1 Å². The highest BCUT2D eigenvalue weighted by atomic mass is 32.2. The van der Waals surface area contributed by atoms with Crippen molar-refractivity contribution in [1.29, 1.82) is 0 Å². The molecule has 186 valence electrons. The fourth-order valence-corrected chi connectivity index (χ4v) is 6.59. The third-order valence-electron chi connectivity index (χ3n) is 6.88. The van der Waals surface area contributed by atoms with Gasteiger partial charge in [-0.05, 0) is 42.7 Å². The van der Waals surface area contributed by atoms with Gasteiger partial charge in [-0.25, -0.2) is 8.42 Å². The molecule has 0 radical (unpaired) electrons. The number of hydrogen-bond donors (Lipinski definition) is 1. The Morgan fingerprint density at radius 3 is 2.51 bits per heavy atom. The normalized spacial score (nSPS) is 17.6. The van der Waals surface area contributed by atoms with Crippen LogP contribution in [0.5, 0.6) is 0 Å². The molecule has 2 saturated heterocycles. The molecule has 9 heteroatoms. The quantitative estimate of drug-likeness (QED) is 0.566. The van der Waals surface area contributed by atoms with Crippen molar-refractivity contribution in [2.45, 2.75) is 30.6 Å². The maximum absolute atomic E-state index is 13.3. The number of para-hydroxylation sites is 1. The second-order valence-electron chi connectivity index (χ2n) is 9.25. The highest BCUT2D eigenvalue weighted by molar-refractivity contribution is 7.89. The second-order valence-corrected chi connectivity index (χ2v) is 11.2. The zero-order valence-corrected chi connectivity index (χ0v) is 20.9. The van der Waals surface area contributed by atoms with Gasteiger partial charge in [0.05, 0.1) is 35.9 Å². The Morgan fingerprint density at radius 2 is 1.74 bits per heavy atom. The molecule has 2 aliphatic rings. The standard InChI is InChI=1S/C26H32N4O4S/c1-28-19-20(22-7-3-4-8-24(22)28)17-26(31)27-23-18-21(35(32,33)30-11-5-2-6-12-30)9-10-25(23)29-13-15-34-16-14-29/h3-4,7-10,18-19H,2,5-6,11-17H2,1H3,(H,27,31). The van der Waals surface area contributed by atoms with E-state index in [0.717, 1.165) is 41.4 Å². The lowest BCUT2D eigenvalue weighted by Gasteiger charge is -2.31. The molecule has 2 aromatic carbocycles. The van der Waals surface area contributed by atoms with E-state index in [4.69, 9.17) is 4.74 Å². The molecule has 1 aromatic heterocycles. The number of amides is 1. The number of hydrogen-bond acceptors (Lipinski definition) is 5. The number of ether oxygens (including phenoxy) is 1. The van der Waals surface area contributed by atoms with Crippen LogP contribution in [0.3, 0.4) is 0 Å². The van der Waals surface area contributed by atoms with Crippen molar-refractivity contribution < 1.29 is 17.9 Å². The maximum Gasteiger partial charge on any atom is 0.243 e. The number of benzene rings is 2. The van der Waals surface area contributed by atoms with Gasteiger partial charge < -0.3 is 19.5 Å². The predicted molar refractivity (Wildman–Crippen MR) is 137 cm³/mol. The minimum absolute atomic E-state index is 0.177. The van der Waals surface area contributed by atoms with E-state index < -0.39 is 10.0 Å². The smallest absolute Gasteiger partial charge is 0.243 e. The van der Waals surface area contributed by atoms with Crippen molar-refractivity contribution in [2.24, 2.45) is 7.05 Å². The Kier molecular flexibility index (Phi) is 6.82. The van der Waals surface area contributed by atoms with Gasteiger partial charge in [0.2, 0.25) is 15.9 Å². The highest BCUT2D eigenvalue weighted by Crippen LogP contribution is 2.32. The molecule has 0 aliphatic carbocycles. The molecule has 0 atom stereocenters. The molecular formula is C26H32N4O4S. The van der Waals surface area contributed by atoms with Crippen LogP contribution >= 0.6 is 0 Å². The van der Waals surface area contributed by atoms with Crippen LogP contribution in [0.25, 0.3) is 10.9 Å². The van der Waals surface area contributed by atoms with Crippen LogP contribution in [-0.2, 0) is 33.0 Å². The van der Waals surface area contributed by atoms with Gasteiger partial charge in [-0.3, -0.25) is 4.79 Å². The summed E-state index contributed by atoms with van der Waals surface area (Å²) in [6, 6.07) is 13.1. The zero-order valence-electron chi connectivity index (χ0n) is 20.1. The van der Waals surface area contributed by atoms with Crippen molar-refractivity contribution in [3.63, 3.8) is 0 Å². The van der Waals surface area contributed by atoms with E-state index in [-0.39, 0.29) is 17.2 Å². The van der Waals surface area contributed by atoms with Gasteiger partial charge in [0, 0.05) is 50.3 Å². The molecule has 2 aliphatic heterocycles. The minimum atomic E-state index is -3.62. The third-order valence-corrected chi connectivity index (χ3v) is 8.77. The van der Waals surface area contributed by atoms with Gasteiger partial charge >= 0.3 is 0 Å². The molecule has 5 rings (SSSR count). The summed E-state index contributed by atoms with van der Waals surface area (Å²) in [7, 11) is -1.65. The number of rotatable bonds is 6. The number of carbonyl (C=O) groups is 1. The third kappa shape index (κ3) is 4.94. The first-order valence-corrected chi connectivity index (χ1v) is 13.7. The first-order chi connectivity index (χ1) is 16.9. The van der Waals surface area contributed by atoms with Crippen molar-refractivity contribution in [3.05, 3.63) is 54.2 Å². The minimum Gasteiger partial charge on any atom is -0.378 e. The average Bonchev–Trinajstić information content (AvgIpc) is 3.20. The molecule has 0 unspecified atom stereocenters. The van der Waals surface area contributed by atoms with E-state index in [0.29, 0.717) is 45.1 Å². The summed E-state index contributed by atoms with van der Waals surface area (Å²) in [5.41, 5.74) is 3.34. The first kappa shape index (κ1) is 23.8. The molecular weight excluding hydrogens is 464 g/mol. The van der Waals surface area contributed by atoms with Crippen molar-refractivity contribution in [3.8, 4) is 0 Å². The monoisotopic (exact) mass is 496 g/mol. The fraction of sp³-hybridized carbons (Fsp3) is 0.423. The number of piperidine rings is 1. The molecule has 0 saturated carbocycles. The van der Waals surface area contributed by atoms with E-state index in [9.17, 15) is 13.2 Å². The zero-order chi connectivity index (χ0) is 24.4. The van der Waals surface area contributed by atoms with Crippen molar-refractivity contribution in [1.82, 2.24) is 8.87 Å². The number of nitrogens with one attached hydrogen (secondary N) is 1. The van der Waals surface area contributed by atoms with Crippen LogP contribution in [0.15, 0.2) is 53.6 Å². The summed E-state index contributed by atoms with van der Waals surface area (Å²) in [5, 5.41) is 4.07. The van der Waals surface area contributed by atoms with Gasteiger partial charge in [-0.1, -0.05) is 24.6 Å². The predicted octanol–water partition coefficient (Wildman–Crippen LogP) is 3.37. The summed E-state index contributed by atoms with van der Waals surface area (Å²) < 4.78 is 35.7. The van der Waals surface area contributed by atoms with Crippen LogP contribution in [0.2, 0.25) is 0 Å². The van der Waals surface area contributed by atoms with E-state index in [1.54, 1.807) is 16.4 Å². The van der Waals surface area contributed by atoms with Crippen LogP contribution < -0.4 is 10.2 Å². The summed E-state index contributed by atoms with van der Waals surface area (Å²) in [4.78, 5) is 15.6. The molecule has 35 heavy (non-hydrogen) atoms. The summed E-state index contributed by atoms with van der Waals surface area (Å²) in [5.74, 6) is -0.177. The Morgan fingerprint density at radius 1 is 1.00 bits per heavy atom. The summed E-state index contributed by atoms with van der Waals surface area (Å²) >= 11 is 0. The molecule has 0 bridgehead atoms. The Balaban J connectivity index is 1.45. The topological polar surface area (TPSA) is 83.9 Å². The second kappa shape index (κ2) is 10.0. The van der Waals surface area contributed by atoms with Gasteiger partial charge in [-0.2, -0.15) is 4.31 Å². The average molecular weight is 497 g/mol. The van der Waals surface area contributed by atoms with Crippen LogP contribution in [0.4, 0.5) is 11.4 Å². The van der Waals surface area contributed by atoms with E-state index in [1.165, 1.54) is 0 Å². The number of anilines is 2. The number of aryl methyl sites for hydroxylation is 1. The van der Waals surface area contributed by atoms with Crippen LogP contribution in [0.1, 0.15) is 24.8 Å². The lowest BCUT2D eigenvalue weighted by atomic mass is 10.1. The lowest BCUT2D eigenvalue weighted by Crippen LogP contribution is -2.37. The number of sulfonamides is 1. The van der Waals surface area contributed by atoms with E-state index >= 15 is 0 Å². The van der Waals surface area contributed by atoms with E-state index in [2.05, 4.69) is 10.2 Å². The highest BCUT2D eigenvalue weighted by Gasteiger charge is 2.28. The number of nitrogens with zero attached hydrogens (tertiary/aromatic N) is 3. The lowest BCUT2D eigenvalue weighted by molar-refractivity contribution is -0.115. The number of fused-ring (bicyclic) bond motifs is 1. The largest absolute Gasteiger partial charge is 0.378 e.